The molecule has 1 aromatic rings. The first-order valence-electron chi connectivity index (χ1n) is 5.29. The second kappa shape index (κ2) is 7.08. The van der Waals surface area contributed by atoms with Gasteiger partial charge in [-0.1, -0.05) is 23.2 Å². The third-order valence-corrected chi connectivity index (χ3v) is 2.34. The van der Waals surface area contributed by atoms with Gasteiger partial charge in [0.25, 0.3) is 0 Å². The van der Waals surface area contributed by atoms with E-state index in [0.717, 1.165) is 0 Å². The number of carbonyl (C=O) groups excluding carboxylic acids is 2. The number of rotatable bonds is 4. The minimum Gasteiger partial charge on any atom is -0.376 e. The fourth-order valence-corrected chi connectivity index (χ4v) is 1.74. The van der Waals surface area contributed by atoms with E-state index in [4.69, 9.17) is 23.2 Å². The molecular formula is C11H13Cl2N3O2. The first-order valence-corrected chi connectivity index (χ1v) is 6.04. The molecule has 0 fully saturated rings. The summed E-state index contributed by atoms with van der Waals surface area (Å²) >= 11 is 11.6. The van der Waals surface area contributed by atoms with E-state index in [1.165, 1.54) is 0 Å². The molecule has 0 saturated heterocycles. The Bertz CT molecular complexity index is 432. The van der Waals surface area contributed by atoms with Crippen LogP contribution in [-0.4, -0.2) is 25.0 Å². The average molecular weight is 290 g/mol. The third-order valence-electron chi connectivity index (χ3n) is 1.91. The van der Waals surface area contributed by atoms with Crippen molar-refractivity contribution in [2.45, 2.75) is 6.92 Å². The van der Waals surface area contributed by atoms with Crippen molar-refractivity contribution in [3.63, 3.8) is 0 Å². The number of urea groups is 1. The Kier molecular flexibility index (Phi) is 5.74. The molecule has 0 aliphatic rings. The van der Waals surface area contributed by atoms with Crippen LogP contribution in [0.1, 0.15) is 6.92 Å². The second-order valence-corrected chi connectivity index (χ2v) is 4.29. The molecule has 7 heteroatoms. The molecule has 0 aliphatic carbocycles. The van der Waals surface area contributed by atoms with Gasteiger partial charge in [-0.3, -0.25) is 10.1 Å². The van der Waals surface area contributed by atoms with E-state index >= 15 is 0 Å². The number of hydrogen-bond donors (Lipinski definition) is 3. The Hall–Kier alpha value is -1.46. The monoisotopic (exact) mass is 289 g/mol. The van der Waals surface area contributed by atoms with E-state index < -0.39 is 11.9 Å². The van der Waals surface area contributed by atoms with Gasteiger partial charge in [0.1, 0.15) is 0 Å². The summed E-state index contributed by atoms with van der Waals surface area (Å²) in [6.07, 6.45) is 0. The van der Waals surface area contributed by atoms with Crippen molar-refractivity contribution in [3.05, 3.63) is 28.2 Å². The molecule has 1 rings (SSSR count). The fraction of sp³-hybridized carbons (Fsp3) is 0.273. The number of nitrogens with one attached hydrogen (secondary N) is 3. The Morgan fingerprint density at radius 2 is 1.78 bits per heavy atom. The van der Waals surface area contributed by atoms with Gasteiger partial charge in [-0.25, -0.2) is 4.79 Å². The molecule has 0 aromatic heterocycles. The minimum absolute atomic E-state index is 0.0478. The van der Waals surface area contributed by atoms with E-state index in [0.29, 0.717) is 22.3 Å². The van der Waals surface area contributed by atoms with Crippen LogP contribution in [0.2, 0.25) is 10.0 Å². The normalized spacial score (nSPS) is 9.72. The number of imide groups is 1. The summed E-state index contributed by atoms with van der Waals surface area (Å²) in [6, 6.07) is 4.33. The van der Waals surface area contributed by atoms with E-state index in [1.807, 2.05) is 0 Å². The van der Waals surface area contributed by atoms with E-state index in [-0.39, 0.29) is 6.54 Å². The van der Waals surface area contributed by atoms with Crippen molar-refractivity contribution in [1.82, 2.24) is 10.6 Å². The predicted octanol–water partition coefficient (Wildman–Crippen LogP) is 2.25. The van der Waals surface area contributed by atoms with Crippen molar-refractivity contribution in [1.29, 1.82) is 0 Å². The lowest BCUT2D eigenvalue weighted by atomic mass is 10.3. The third kappa shape index (κ3) is 5.25. The maximum Gasteiger partial charge on any atom is 0.321 e. The van der Waals surface area contributed by atoms with Gasteiger partial charge in [0.05, 0.1) is 6.54 Å². The zero-order valence-electron chi connectivity index (χ0n) is 9.72. The number of carbonyl (C=O) groups is 2. The van der Waals surface area contributed by atoms with E-state index in [9.17, 15) is 9.59 Å². The molecule has 0 bridgehead atoms. The summed E-state index contributed by atoms with van der Waals surface area (Å²) in [5.41, 5.74) is 0.610. The van der Waals surface area contributed by atoms with Gasteiger partial charge in [-0.05, 0) is 25.1 Å². The molecule has 3 N–H and O–H groups in total. The lowest BCUT2D eigenvalue weighted by Gasteiger charge is -2.08. The number of hydrogen-bond acceptors (Lipinski definition) is 3. The highest BCUT2D eigenvalue weighted by molar-refractivity contribution is 6.35. The number of benzene rings is 1. The summed E-state index contributed by atoms with van der Waals surface area (Å²) in [7, 11) is 0. The van der Waals surface area contributed by atoms with Crippen molar-refractivity contribution < 1.29 is 9.59 Å². The van der Waals surface area contributed by atoms with Gasteiger partial charge in [-0.15, -0.1) is 0 Å². The zero-order chi connectivity index (χ0) is 13.5. The summed E-state index contributed by atoms with van der Waals surface area (Å²) < 4.78 is 0. The lowest BCUT2D eigenvalue weighted by Crippen LogP contribution is -2.41. The van der Waals surface area contributed by atoms with Crippen LogP contribution in [0, 0.1) is 0 Å². The van der Waals surface area contributed by atoms with Crippen LogP contribution < -0.4 is 16.0 Å². The van der Waals surface area contributed by atoms with Crippen molar-refractivity contribution >= 4 is 40.8 Å². The number of halogens is 2. The van der Waals surface area contributed by atoms with Crippen molar-refractivity contribution in [2.24, 2.45) is 0 Å². The minimum atomic E-state index is -0.520. The van der Waals surface area contributed by atoms with Crippen molar-refractivity contribution in [3.8, 4) is 0 Å². The number of amides is 3. The molecule has 0 heterocycles. The Morgan fingerprint density at radius 1 is 1.17 bits per heavy atom. The summed E-state index contributed by atoms with van der Waals surface area (Å²) in [5.74, 6) is -0.447. The standard InChI is InChI=1S/C11H13Cl2N3O2/c1-2-14-11(18)16-10(17)6-15-9-4-7(12)3-8(13)5-9/h3-5,15H,2,6H2,1H3,(H2,14,16,17,18). The Labute approximate surface area is 115 Å². The van der Waals surface area contributed by atoms with Crippen LogP contribution in [0.3, 0.4) is 0 Å². The first-order chi connectivity index (χ1) is 8.51. The Balaban J connectivity index is 2.45. The fourth-order valence-electron chi connectivity index (χ4n) is 1.21. The largest absolute Gasteiger partial charge is 0.376 e. The van der Waals surface area contributed by atoms with Crippen LogP contribution in [0.5, 0.6) is 0 Å². The highest BCUT2D eigenvalue weighted by atomic mass is 35.5. The van der Waals surface area contributed by atoms with Gasteiger partial charge in [0.2, 0.25) is 5.91 Å². The van der Waals surface area contributed by atoms with Gasteiger partial charge in [-0.2, -0.15) is 0 Å². The highest BCUT2D eigenvalue weighted by Gasteiger charge is 2.06. The molecule has 0 spiro atoms. The average Bonchev–Trinajstić information content (AvgIpc) is 2.25. The van der Waals surface area contributed by atoms with Crippen molar-refractivity contribution in [2.75, 3.05) is 18.4 Å². The molecule has 1 aromatic carbocycles. The molecule has 98 valence electrons. The molecule has 5 nitrogen and oxygen atoms in total. The SMILES string of the molecule is CCNC(=O)NC(=O)CNc1cc(Cl)cc(Cl)c1. The van der Waals surface area contributed by atoms with Gasteiger partial charge < -0.3 is 10.6 Å². The summed E-state index contributed by atoms with van der Waals surface area (Å²) in [5, 5.41) is 8.36. The van der Waals surface area contributed by atoms with Crippen LogP contribution in [0.15, 0.2) is 18.2 Å². The van der Waals surface area contributed by atoms with E-state index in [2.05, 4.69) is 16.0 Å². The molecule has 0 saturated carbocycles. The van der Waals surface area contributed by atoms with Crippen LogP contribution in [-0.2, 0) is 4.79 Å². The molecule has 0 radical (unpaired) electrons. The number of anilines is 1. The summed E-state index contributed by atoms with van der Waals surface area (Å²) in [4.78, 5) is 22.4. The second-order valence-electron chi connectivity index (χ2n) is 3.42. The van der Waals surface area contributed by atoms with Crippen LogP contribution >= 0.6 is 23.2 Å². The highest BCUT2D eigenvalue weighted by Crippen LogP contribution is 2.22. The molecule has 0 aliphatic heterocycles. The quantitative estimate of drug-likeness (QED) is 0.796. The first kappa shape index (κ1) is 14.6. The summed E-state index contributed by atoms with van der Waals surface area (Å²) in [6.45, 7) is 2.17. The van der Waals surface area contributed by atoms with Crippen LogP contribution in [0.25, 0.3) is 0 Å². The van der Waals surface area contributed by atoms with Crippen LogP contribution in [0.4, 0.5) is 10.5 Å². The molecule has 0 atom stereocenters. The molecule has 18 heavy (non-hydrogen) atoms. The molecule has 3 amide bonds. The van der Waals surface area contributed by atoms with Gasteiger partial charge >= 0.3 is 6.03 Å². The van der Waals surface area contributed by atoms with Gasteiger partial charge in [0.15, 0.2) is 0 Å². The molecular weight excluding hydrogens is 277 g/mol. The van der Waals surface area contributed by atoms with Gasteiger partial charge in [0, 0.05) is 22.3 Å². The topological polar surface area (TPSA) is 70.2 Å². The Morgan fingerprint density at radius 3 is 2.33 bits per heavy atom. The maximum absolute atomic E-state index is 11.4. The van der Waals surface area contributed by atoms with E-state index in [1.54, 1.807) is 25.1 Å². The smallest absolute Gasteiger partial charge is 0.321 e. The lowest BCUT2D eigenvalue weighted by molar-refractivity contribution is -0.118. The maximum atomic E-state index is 11.4. The zero-order valence-corrected chi connectivity index (χ0v) is 11.2. The predicted molar refractivity (Wildman–Crippen MR) is 72.2 cm³/mol. The molecule has 0 unspecified atom stereocenters.